The van der Waals surface area contributed by atoms with Crippen LogP contribution < -0.4 is 5.32 Å². The Labute approximate surface area is 115 Å². The van der Waals surface area contributed by atoms with Gasteiger partial charge in [-0.1, -0.05) is 6.92 Å². The summed E-state index contributed by atoms with van der Waals surface area (Å²) in [6, 6.07) is 0. The summed E-state index contributed by atoms with van der Waals surface area (Å²) in [6.07, 6.45) is 6.22. The van der Waals surface area contributed by atoms with Crippen LogP contribution in [0.2, 0.25) is 0 Å². The number of hydrogen-bond donors (Lipinski definition) is 1. The summed E-state index contributed by atoms with van der Waals surface area (Å²) in [5.41, 5.74) is 0. The van der Waals surface area contributed by atoms with Crippen LogP contribution in [0.3, 0.4) is 0 Å². The minimum Gasteiger partial charge on any atom is -0.342 e. The van der Waals surface area contributed by atoms with Crippen molar-refractivity contribution in [3.63, 3.8) is 0 Å². The van der Waals surface area contributed by atoms with Crippen molar-refractivity contribution in [1.82, 2.24) is 10.2 Å². The standard InChI is InChI=1S/C14H26N2OS/c1-12(13-5-7-15-8-6-13)18-11-14(17)16-9-3-2-4-10-16/h12-13,15H,2-11H2,1H3. The van der Waals surface area contributed by atoms with Gasteiger partial charge >= 0.3 is 0 Å². The Morgan fingerprint density at radius 3 is 2.61 bits per heavy atom. The number of piperidine rings is 2. The Morgan fingerprint density at radius 2 is 1.94 bits per heavy atom. The second-order valence-corrected chi connectivity index (χ2v) is 6.91. The highest BCUT2D eigenvalue weighted by atomic mass is 32.2. The Bertz CT molecular complexity index is 261. The Balaban J connectivity index is 1.67. The Kier molecular flexibility index (Phi) is 5.83. The number of carbonyl (C=O) groups is 1. The Morgan fingerprint density at radius 1 is 1.28 bits per heavy atom. The predicted octanol–water partition coefficient (Wildman–Crippen LogP) is 2.12. The van der Waals surface area contributed by atoms with Crippen molar-refractivity contribution in [2.45, 2.75) is 44.3 Å². The van der Waals surface area contributed by atoms with Gasteiger partial charge in [-0.3, -0.25) is 4.79 Å². The molecule has 0 aromatic rings. The number of thioether (sulfide) groups is 1. The molecule has 3 nitrogen and oxygen atoms in total. The van der Waals surface area contributed by atoms with E-state index in [1.165, 1.54) is 32.1 Å². The third kappa shape index (κ3) is 4.16. The van der Waals surface area contributed by atoms with Gasteiger partial charge < -0.3 is 10.2 Å². The van der Waals surface area contributed by atoms with Gasteiger partial charge in [-0.15, -0.1) is 11.8 Å². The first kappa shape index (κ1) is 14.2. The lowest BCUT2D eigenvalue weighted by atomic mass is 9.95. The summed E-state index contributed by atoms with van der Waals surface area (Å²) < 4.78 is 0. The number of likely N-dealkylation sites (tertiary alicyclic amines) is 1. The van der Waals surface area contributed by atoms with Crippen molar-refractivity contribution in [1.29, 1.82) is 0 Å². The van der Waals surface area contributed by atoms with Gasteiger partial charge in [-0.25, -0.2) is 0 Å². The molecule has 0 radical (unpaired) electrons. The number of rotatable bonds is 4. The highest BCUT2D eigenvalue weighted by Gasteiger charge is 2.22. The van der Waals surface area contributed by atoms with E-state index in [2.05, 4.69) is 17.1 Å². The molecule has 2 saturated heterocycles. The molecule has 18 heavy (non-hydrogen) atoms. The first-order valence-corrected chi connectivity index (χ1v) is 8.42. The van der Waals surface area contributed by atoms with Crippen LogP contribution in [0.25, 0.3) is 0 Å². The topological polar surface area (TPSA) is 32.3 Å². The van der Waals surface area contributed by atoms with Crippen LogP contribution in [0.5, 0.6) is 0 Å². The number of hydrogen-bond acceptors (Lipinski definition) is 3. The van der Waals surface area contributed by atoms with E-state index < -0.39 is 0 Å². The fraction of sp³-hybridized carbons (Fsp3) is 0.929. The van der Waals surface area contributed by atoms with Crippen LogP contribution in [0.1, 0.15) is 39.0 Å². The van der Waals surface area contributed by atoms with Crippen molar-refractivity contribution >= 4 is 17.7 Å². The molecule has 0 spiro atoms. The van der Waals surface area contributed by atoms with Gasteiger partial charge in [0.05, 0.1) is 5.75 Å². The molecule has 1 N–H and O–H groups in total. The van der Waals surface area contributed by atoms with Crippen LogP contribution in [0.15, 0.2) is 0 Å². The molecule has 1 amide bonds. The van der Waals surface area contributed by atoms with Crippen molar-refractivity contribution in [3.05, 3.63) is 0 Å². The smallest absolute Gasteiger partial charge is 0.232 e. The van der Waals surface area contributed by atoms with Crippen molar-refractivity contribution in [2.24, 2.45) is 5.92 Å². The monoisotopic (exact) mass is 270 g/mol. The fourth-order valence-electron chi connectivity index (χ4n) is 2.89. The van der Waals surface area contributed by atoms with Crippen LogP contribution in [-0.2, 0) is 4.79 Å². The van der Waals surface area contributed by atoms with Crippen molar-refractivity contribution in [3.8, 4) is 0 Å². The lowest BCUT2D eigenvalue weighted by Crippen LogP contribution is -2.37. The predicted molar refractivity (Wildman–Crippen MR) is 77.9 cm³/mol. The molecule has 0 aliphatic carbocycles. The summed E-state index contributed by atoms with van der Waals surface area (Å²) in [4.78, 5) is 14.1. The van der Waals surface area contributed by atoms with E-state index in [1.54, 1.807) is 0 Å². The van der Waals surface area contributed by atoms with Gasteiger partial charge in [0.2, 0.25) is 5.91 Å². The molecule has 2 rings (SSSR count). The van der Waals surface area contributed by atoms with Crippen LogP contribution in [0.4, 0.5) is 0 Å². The molecule has 0 aromatic carbocycles. The van der Waals surface area contributed by atoms with Gasteiger partial charge in [0.25, 0.3) is 0 Å². The van der Waals surface area contributed by atoms with E-state index >= 15 is 0 Å². The maximum atomic E-state index is 12.1. The zero-order chi connectivity index (χ0) is 12.8. The van der Waals surface area contributed by atoms with Crippen LogP contribution >= 0.6 is 11.8 Å². The van der Waals surface area contributed by atoms with Crippen molar-refractivity contribution < 1.29 is 4.79 Å². The zero-order valence-corrected chi connectivity index (χ0v) is 12.3. The second kappa shape index (κ2) is 7.39. The molecule has 2 heterocycles. The minimum atomic E-state index is 0.362. The number of nitrogens with zero attached hydrogens (tertiary/aromatic N) is 1. The highest BCUT2D eigenvalue weighted by molar-refractivity contribution is 8.00. The average molecular weight is 270 g/mol. The van der Waals surface area contributed by atoms with Gasteiger partial charge in [-0.05, 0) is 51.1 Å². The molecule has 104 valence electrons. The second-order valence-electron chi connectivity index (χ2n) is 5.54. The first-order chi connectivity index (χ1) is 8.77. The molecular formula is C14H26N2OS. The molecule has 1 unspecified atom stereocenters. The minimum absolute atomic E-state index is 0.362. The fourth-order valence-corrected chi connectivity index (χ4v) is 4.02. The van der Waals surface area contributed by atoms with Gasteiger partial charge in [0, 0.05) is 18.3 Å². The van der Waals surface area contributed by atoms with Gasteiger partial charge in [0.15, 0.2) is 0 Å². The first-order valence-electron chi connectivity index (χ1n) is 7.37. The maximum absolute atomic E-state index is 12.1. The summed E-state index contributed by atoms with van der Waals surface area (Å²) in [5, 5.41) is 4.03. The lowest BCUT2D eigenvalue weighted by molar-refractivity contribution is -0.129. The van der Waals surface area contributed by atoms with Crippen molar-refractivity contribution in [2.75, 3.05) is 31.9 Å². The zero-order valence-electron chi connectivity index (χ0n) is 11.5. The highest BCUT2D eigenvalue weighted by Crippen LogP contribution is 2.26. The van der Waals surface area contributed by atoms with Gasteiger partial charge in [-0.2, -0.15) is 0 Å². The summed E-state index contributed by atoms with van der Waals surface area (Å²) in [5.74, 6) is 1.84. The summed E-state index contributed by atoms with van der Waals surface area (Å²) in [7, 11) is 0. The normalized spacial score (nSPS) is 23.9. The third-order valence-electron chi connectivity index (χ3n) is 4.23. The molecule has 2 aliphatic heterocycles. The third-order valence-corrected chi connectivity index (χ3v) is 5.55. The quantitative estimate of drug-likeness (QED) is 0.849. The number of nitrogens with one attached hydrogen (secondary N) is 1. The van der Waals surface area contributed by atoms with E-state index in [0.29, 0.717) is 16.9 Å². The maximum Gasteiger partial charge on any atom is 0.232 e. The van der Waals surface area contributed by atoms with E-state index in [-0.39, 0.29) is 0 Å². The molecule has 0 saturated carbocycles. The lowest BCUT2D eigenvalue weighted by Gasteiger charge is -2.30. The summed E-state index contributed by atoms with van der Waals surface area (Å²) in [6.45, 7) is 6.57. The van der Waals surface area contributed by atoms with E-state index in [0.717, 1.165) is 32.1 Å². The number of carbonyl (C=O) groups excluding carboxylic acids is 1. The number of amides is 1. The van der Waals surface area contributed by atoms with Gasteiger partial charge in [0.1, 0.15) is 0 Å². The largest absolute Gasteiger partial charge is 0.342 e. The molecular weight excluding hydrogens is 244 g/mol. The van der Waals surface area contributed by atoms with E-state index in [4.69, 9.17) is 0 Å². The van der Waals surface area contributed by atoms with Crippen LogP contribution in [0, 0.1) is 5.92 Å². The molecule has 1 atom stereocenters. The molecule has 0 bridgehead atoms. The molecule has 0 aromatic heterocycles. The van der Waals surface area contributed by atoms with E-state index in [9.17, 15) is 4.79 Å². The average Bonchev–Trinajstić information content (AvgIpc) is 2.46. The summed E-state index contributed by atoms with van der Waals surface area (Å²) >= 11 is 1.87. The molecule has 4 heteroatoms. The molecule has 2 fully saturated rings. The van der Waals surface area contributed by atoms with E-state index in [1.807, 2.05) is 11.8 Å². The van der Waals surface area contributed by atoms with Crippen LogP contribution in [-0.4, -0.2) is 48.0 Å². The Hall–Kier alpha value is -0.220. The SMILES string of the molecule is CC(SCC(=O)N1CCCCC1)C1CCNCC1. The molecule has 2 aliphatic rings.